The quantitative estimate of drug-likeness (QED) is 0.223. The molecule has 1 fully saturated rings. The van der Waals surface area contributed by atoms with Crippen LogP contribution in [0, 0.1) is 5.92 Å². The summed E-state index contributed by atoms with van der Waals surface area (Å²) in [5.41, 5.74) is 1.23. The fourth-order valence-corrected chi connectivity index (χ4v) is 4.64. The van der Waals surface area contributed by atoms with Crippen molar-refractivity contribution in [1.29, 1.82) is 0 Å². The Balaban J connectivity index is 1.26. The highest BCUT2D eigenvalue weighted by molar-refractivity contribution is 5.13. The lowest BCUT2D eigenvalue weighted by molar-refractivity contribution is -0.0155. The summed E-state index contributed by atoms with van der Waals surface area (Å²) in [6, 6.07) is 10.4. The third-order valence-corrected chi connectivity index (χ3v) is 6.61. The molecule has 0 bridgehead atoms. The fourth-order valence-electron chi connectivity index (χ4n) is 4.64. The molecular formula is C28H48O2. The van der Waals surface area contributed by atoms with Crippen LogP contribution in [0.5, 0.6) is 0 Å². The second kappa shape index (κ2) is 17.8. The van der Waals surface area contributed by atoms with Crippen LogP contribution in [0.2, 0.25) is 0 Å². The third kappa shape index (κ3) is 13.4. The van der Waals surface area contributed by atoms with Crippen molar-refractivity contribution in [2.75, 3.05) is 13.2 Å². The summed E-state index contributed by atoms with van der Waals surface area (Å²) in [4.78, 5) is 0. The first-order valence-electron chi connectivity index (χ1n) is 13.1. The Hall–Kier alpha value is -0.860. The largest absolute Gasteiger partial charge is 0.379 e. The van der Waals surface area contributed by atoms with Gasteiger partial charge in [-0.25, -0.2) is 0 Å². The summed E-state index contributed by atoms with van der Waals surface area (Å²) < 4.78 is 11.6. The van der Waals surface area contributed by atoms with Crippen molar-refractivity contribution in [2.24, 2.45) is 5.92 Å². The number of ether oxygens (including phenoxy) is 2. The second-order valence-electron chi connectivity index (χ2n) is 9.51. The Morgan fingerprint density at radius 1 is 0.767 bits per heavy atom. The molecule has 0 aliphatic heterocycles. The van der Waals surface area contributed by atoms with Crippen LogP contribution in [0.15, 0.2) is 30.3 Å². The standard InChI is InChI=1S/C28H48O2/c1-26(30-25-28-21-15-11-16-22-28)24-29-23-17-9-7-5-3-2-4-6-8-12-18-27-19-13-10-14-20-27/h11,15-16,21-22,26-27H,2-10,12-14,17-20,23-25H2,1H3. The van der Waals surface area contributed by atoms with Gasteiger partial charge in [-0.1, -0.05) is 127 Å². The van der Waals surface area contributed by atoms with E-state index in [1.807, 2.05) is 6.07 Å². The molecule has 0 aromatic heterocycles. The van der Waals surface area contributed by atoms with Crippen molar-refractivity contribution in [3.05, 3.63) is 35.9 Å². The van der Waals surface area contributed by atoms with Gasteiger partial charge in [0.1, 0.15) is 0 Å². The van der Waals surface area contributed by atoms with E-state index in [0.717, 1.165) is 12.5 Å². The molecule has 1 aliphatic rings. The maximum Gasteiger partial charge on any atom is 0.0785 e. The highest BCUT2D eigenvalue weighted by atomic mass is 16.5. The fraction of sp³-hybridized carbons (Fsp3) is 0.786. The van der Waals surface area contributed by atoms with Gasteiger partial charge in [-0.3, -0.25) is 0 Å². The van der Waals surface area contributed by atoms with Crippen LogP contribution < -0.4 is 0 Å². The molecule has 1 aliphatic carbocycles. The van der Waals surface area contributed by atoms with Crippen LogP contribution in [0.25, 0.3) is 0 Å². The van der Waals surface area contributed by atoms with Crippen LogP contribution in [0.4, 0.5) is 0 Å². The maximum absolute atomic E-state index is 5.84. The Morgan fingerprint density at radius 3 is 2.03 bits per heavy atom. The first-order chi connectivity index (χ1) is 14.8. The monoisotopic (exact) mass is 416 g/mol. The van der Waals surface area contributed by atoms with Gasteiger partial charge >= 0.3 is 0 Å². The highest BCUT2D eigenvalue weighted by Crippen LogP contribution is 2.28. The van der Waals surface area contributed by atoms with Crippen LogP contribution in [-0.2, 0) is 16.1 Å². The molecule has 1 atom stereocenters. The van der Waals surface area contributed by atoms with E-state index in [4.69, 9.17) is 9.47 Å². The lowest BCUT2D eigenvalue weighted by atomic mass is 9.85. The molecule has 2 nitrogen and oxygen atoms in total. The Kier molecular flexibility index (Phi) is 15.1. The van der Waals surface area contributed by atoms with E-state index >= 15 is 0 Å². The Morgan fingerprint density at radius 2 is 1.37 bits per heavy atom. The van der Waals surface area contributed by atoms with Crippen LogP contribution in [0.3, 0.4) is 0 Å². The lowest BCUT2D eigenvalue weighted by Gasteiger charge is -2.21. The molecule has 1 saturated carbocycles. The van der Waals surface area contributed by atoms with E-state index in [-0.39, 0.29) is 6.10 Å². The van der Waals surface area contributed by atoms with Gasteiger partial charge in [0.15, 0.2) is 0 Å². The summed E-state index contributed by atoms with van der Waals surface area (Å²) >= 11 is 0. The number of rotatable bonds is 18. The molecule has 1 unspecified atom stereocenters. The number of unbranched alkanes of at least 4 members (excludes halogenated alkanes) is 9. The van der Waals surface area contributed by atoms with E-state index in [0.29, 0.717) is 13.2 Å². The zero-order valence-corrected chi connectivity index (χ0v) is 19.8. The van der Waals surface area contributed by atoms with Gasteiger partial charge in [-0.05, 0) is 24.8 Å². The van der Waals surface area contributed by atoms with Crippen molar-refractivity contribution in [1.82, 2.24) is 0 Å². The van der Waals surface area contributed by atoms with E-state index in [2.05, 4.69) is 31.2 Å². The van der Waals surface area contributed by atoms with Crippen molar-refractivity contribution in [3.63, 3.8) is 0 Å². The van der Waals surface area contributed by atoms with Crippen molar-refractivity contribution >= 4 is 0 Å². The van der Waals surface area contributed by atoms with E-state index in [1.165, 1.54) is 108 Å². The lowest BCUT2D eigenvalue weighted by Crippen LogP contribution is -2.16. The van der Waals surface area contributed by atoms with E-state index in [9.17, 15) is 0 Å². The minimum atomic E-state index is 0.160. The molecular weight excluding hydrogens is 368 g/mol. The summed E-state index contributed by atoms with van der Waals surface area (Å²) in [5.74, 6) is 1.08. The van der Waals surface area contributed by atoms with Crippen LogP contribution >= 0.6 is 0 Å². The first-order valence-corrected chi connectivity index (χ1v) is 13.1. The van der Waals surface area contributed by atoms with E-state index < -0.39 is 0 Å². The minimum absolute atomic E-state index is 0.160. The summed E-state index contributed by atoms with van der Waals surface area (Å²) in [5, 5.41) is 0. The van der Waals surface area contributed by atoms with Gasteiger partial charge in [0.25, 0.3) is 0 Å². The average Bonchev–Trinajstić information content (AvgIpc) is 2.79. The molecule has 1 aromatic rings. The van der Waals surface area contributed by atoms with Crippen molar-refractivity contribution < 1.29 is 9.47 Å². The highest BCUT2D eigenvalue weighted by Gasteiger charge is 2.12. The molecule has 0 saturated heterocycles. The molecule has 172 valence electrons. The van der Waals surface area contributed by atoms with E-state index in [1.54, 1.807) is 0 Å². The number of benzene rings is 1. The van der Waals surface area contributed by atoms with Crippen LogP contribution in [-0.4, -0.2) is 19.3 Å². The number of hydrogen-bond donors (Lipinski definition) is 0. The predicted octanol–water partition coefficient (Wildman–Crippen LogP) is 8.48. The molecule has 0 heterocycles. The zero-order chi connectivity index (χ0) is 21.1. The Labute approximate surface area is 187 Å². The molecule has 0 amide bonds. The maximum atomic E-state index is 5.84. The van der Waals surface area contributed by atoms with Crippen LogP contribution in [0.1, 0.15) is 115 Å². The second-order valence-corrected chi connectivity index (χ2v) is 9.51. The van der Waals surface area contributed by atoms with Gasteiger partial charge in [0, 0.05) is 6.61 Å². The topological polar surface area (TPSA) is 18.5 Å². The summed E-state index contributed by atoms with van der Waals surface area (Å²) in [7, 11) is 0. The smallest absolute Gasteiger partial charge is 0.0785 e. The predicted molar refractivity (Wildman–Crippen MR) is 129 cm³/mol. The van der Waals surface area contributed by atoms with Gasteiger partial charge in [0.2, 0.25) is 0 Å². The first kappa shape index (κ1) is 25.4. The SMILES string of the molecule is CC(COCCCCCCCCCCCCC1CCCCC1)OCc1ccccc1. The molecule has 1 aromatic carbocycles. The molecule has 30 heavy (non-hydrogen) atoms. The molecule has 2 heteroatoms. The molecule has 2 rings (SSSR count). The zero-order valence-electron chi connectivity index (χ0n) is 19.8. The summed E-state index contributed by atoms with van der Waals surface area (Å²) in [6.07, 6.45) is 23.2. The van der Waals surface area contributed by atoms with Gasteiger partial charge in [-0.2, -0.15) is 0 Å². The third-order valence-electron chi connectivity index (χ3n) is 6.61. The normalized spacial score (nSPS) is 16.0. The molecule has 0 spiro atoms. The van der Waals surface area contributed by atoms with Gasteiger partial charge < -0.3 is 9.47 Å². The minimum Gasteiger partial charge on any atom is -0.379 e. The van der Waals surface area contributed by atoms with Gasteiger partial charge in [-0.15, -0.1) is 0 Å². The van der Waals surface area contributed by atoms with Gasteiger partial charge in [0.05, 0.1) is 19.3 Å². The molecule has 0 radical (unpaired) electrons. The average molecular weight is 417 g/mol. The summed E-state index contributed by atoms with van der Waals surface area (Å²) in [6.45, 7) is 4.35. The Bertz CT molecular complexity index is 481. The van der Waals surface area contributed by atoms with Crippen molar-refractivity contribution in [2.45, 2.75) is 122 Å². The molecule has 0 N–H and O–H groups in total. The van der Waals surface area contributed by atoms with Crippen molar-refractivity contribution in [3.8, 4) is 0 Å². The number of hydrogen-bond acceptors (Lipinski definition) is 2.